The Morgan fingerprint density at radius 3 is 3.00 bits per heavy atom. The van der Waals surface area contributed by atoms with Crippen molar-refractivity contribution in [2.24, 2.45) is 5.73 Å². The normalized spacial score (nSPS) is 12.2. The molecule has 0 aromatic carbocycles. The first-order valence-corrected chi connectivity index (χ1v) is 6.01. The molecule has 0 saturated heterocycles. The van der Waals surface area contributed by atoms with E-state index in [2.05, 4.69) is 10.3 Å². The van der Waals surface area contributed by atoms with Crippen molar-refractivity contribution in [2.75, 3.05) is 0 Å². The molecule has 0 aliphatic carbocycles. The van der Waals surface area contributed by atoms with Crippen LogP contribution in [0.3, 0.4) is 0 Å². The molecular weight excluding hydrogens is 214 g/mol. The molecule has 0 aliphatic rings. The zero-order valence-electron chi connectivity index (χ0n) is 10.6. The summed E-state index contributed by atoms with van der Waals surface area (Å²) < 4.78 is 0. The van der Waals surface area contributed by atoms with E-state index < -0.39 is 0 Å². The van der Waals surface area contributed by atoms with Crippen molar-refractivity contribution in [3.8, 4) is 0 Å². The van der Waals surface area contributed by atoms with Crippen molar-refractivity contribution >= 4 is 5.91 Å². The molecule has 4 nitrogen and oxygen atoms in total. The van der Waals surface area contributed by atoms with Crippen LogP contribution in [-0.2, 0) is 11.3 Å². The summed E-state index contributed by atoms with van der Waals surface area (Å²) in [7, 11) is 0. The number of rotatable bonds is 6. The minimum Gasteiger partial charge on any atom is -0.352 e. The summed E-state index contributed by atoms with van der Waals surface area (Å²) in [5.74, 6) is 0.0777. The molecule has 1 rings (SSSR count). The molecule has 0 bridgehead atoms. The molecule has 17 heavy (non-hydrogen) atoms. The van der Waals surface area contributed by atoms with Crippen LogP contribution in [-0.4, -0.2) is 16.9 Å². The van der Waals surface area contributed by atoms with E-state index in [1.165, 1.54) is 0 Å². The molecule has 1 amide bonds. The van der Waals surface area contributed by atoms with Gasteiger partial charge in [-0.3, -0.25) is 9.78 Å². The fourth-order valence-electron chi connectivity index (χ4n) is 1.55. The second-order valence-electron chi connectivity index (χ2n) is 4.45. The van der Waals surface area contributed by atoms with Crippen LogP contribution in [0.1, 0.15) is 37.3 Å². The number of nitrogens with zero attached hydrogens (tertiary/aromatic N) is 1. The minimum absolute atomic E-state index is 0.0777. The highest BCUT2D eigenvalue weighted by Gasteiger charge is 2.03. The lowest BCUT2D eigenvalue weighted by atomic mass is 10.1. The molecule has 3 N–H and O–H groups in total. The highest BCUT2D eigenvalue weighted by Crippen LogP contribution is 2.04. The van der Waals surface area contributed by atoms with E-state index in [9.17, 15) is 4.79 Å². The number of aromatic nitrogens is 1. The Bertz CT molecular complexity index is 363. The van der Waals surface area contributed by atoms with Crippen molar-refractivity contribution in [3.63, 3.8) is 0 Å². The van der Waals surface area contributed by atoms with Crippen molar-refractivity contribution in [1.82, 2.24) is 10.3 Å². The summed E-state index contributed by atoms with van der Waals surface area (Å²) in [4.78, 5) is 15.6. The lowest BCUT2D eigenvalue weighted by Crippen LogP contribution is -2.23. The van der Waals surface area contributed by atoms with Crippen molar-refractivity contribution < 1.29 is 4.79 Å². The third-order valence-corrected chi connectivity index (χ3v) is 2.69. The number of nitrogens with one attached hydrogen (secondary N) is 1. The van der Waals surface area contributed by atoms with E-state index in [4.69, 9.17) is 5.73 Å². The third-order valence-electron chi connectivity index (χ3n) is 2.69. The molecule has 0 aliphatic heterocycles. The van der Waals surface area contributed by atoms with Crippen molar-refractivity contribution in [1.29, 1.82) is 0 Å². The van der Waals surface area contributed by atoms with Crippen molar-refractivity contribution in [3.05, 3.63) is 29.6 Å². The van der Waals surface area contributed by atoms with E-state index in [-0.39, 0.29) is 11.9 Å². The highest BCUT2D eigenvalue weighted by atomic mass is 16.1. The lowest BCUT2D eigenvalue weighted by Gasteiger charge is -2.08. The van der Waals surface area contributed by atoms with Gasteiger partial charge in [-0.1, -0.05) is 0 Å². The molecule has 1 aromatic heterocycles. The second kappa shape index (κ2) is 7.01. The molecule has 0 spiro atoms. The Kier molecular flexibility index (Phi) is 5.63. The smallest absolute Gasteiger partial charge is 0.220 e. The number of carbonyl (C=O) groups excluding carboxylic acids is 1. The molecule has 94 valence electrons. The average molecular weight is 235 g/mol. The predicted octanol–water partition coefficient (Wildman–Crippen LogP) is 1.52. The van der Waals surface area contributed by atoms with Crippen LogP contribution in [0.2, 0.25) is 0 Å². The summed E-state index contributed by atoms with van der Waals surface area (Å²) in [5, 5.41) is 2.89. The monoisotopic (exact) mass is 235 g/mol. The van der Waals surface area contributed by atoms with Gasteiger partial charge in [0.1, 0.15) is 0 Å². The van der Waals surface area contributed by atoms with Gasteiger partial charge in [-0.25, -0.2) is 0 Å². The van der Waals surface area contributed by atoms with Crippen LogP contribution >= 0.6 is 0 Å². The Labute approximate surface area is 103 Å². The number of pyridine rings is 1. The summed E-state index contributed by atoms with van der Waals surface area (Å²) in [6.45, 7) is 4.52. The minimum atomic E-state index is 0.0777. The van der Waals surface area contributed by atoms with E-state index >= 15 is 0 Å². The SMILES string of the molecule is Cc1ccncc1CNC(=O)CCCC(C)N. The Morgan fingerprint density at radius 2 is 2.35 bits per heavy atom. The van der Waals surface area contributed by atoms with Crippen LogP contribution in [0.5, 0.6) is 0 Å². The zero-order chi connectivity index (χ0) is 12.7. The van der Waals surface area contributed by atoms with Crippen LogP contribution in [0, 0.1) is 6.92 Å². The molecule has 4 heteroatoms. The number of carbonyl (C=O) groups is 1. The number of aryl methyl sites for hydroxylation is 1. The van der Waals surface area contributed by atoms with Gasteiger partial charge in [0, 0.05) is 31.4 Å². The lowest BCUT2D eigenvalue weighted by molar-refractivity contribution is -0.121. The molecule has 0 saturated carbocycles. The Morgan fingerprint density at radius 1 is 1.59 bits per heavy atom. The predicted molar refractivity (Wildman–Crippen MR) is 68.3 cm³/mol. The quantitative estimate of drug-likeness (QED) is 0.785. The van der Waals surface area contributed by atoms with Crippen LogP contribution < -0.4 is 11.1 Å². The van der Waals surface area contributed by atoms with E-state index in [1.807, 2.05) is 19.9 Å². The van der Waals surface area contributed by atoms with Gasteiger partial charge in [-0.2, -0.15) is 0 Å². The molecule has 1 aromatic rings. The highest BCUT2D eigenvalue weighted by molar-refractivity contribution is 5.75. The van der Waals surface area contributed by atoms with Crippen LogP contribution in [0.25, 0.3) is 0 Å². The Balaban J connectivity index is 2.26. The molecule has 1 unspecified atom stereocenters. The van der Waals surface area contributed by atoms with Crippen LogP contribution in [0.4, 0.5) is 0 Å². The molecule has 1 heterocycles. The standard InChI is InChI=1S/C13H21N3O/c1-10-6-7-15-8-12(10)9-16-13(17)5-3-4-11(2)14/h6-8,11H,3-5,9,14H2,1-2H3,(H,16,17). The first kappa shape index (κ1) is 13.6. The fraction of sp³-hybridized carbons (Fsp3) is 0.538. The first-order chi connectivity index (χ1) is 8.09. The maximum absolute atomic E-state index is 11.5. The summed E-state index contributed by atoms with van der Waals surface area (Å²) in [6.07, 6.45) is 5.82. The number of nitrogens with two attached hydrogens (primary N) is 1. The van der Waals surface area contributed by atoms with Gasteiger partial charge < -0.3 is 11.1 Å². The molecular formula is C13H21N3O. The molecule has 0 radical (unpaired) electrons. The third kappa shape index (κ3) is 5.45. The van der Waals surface area contributed by atoms with Gasteiger partial charge in [0.2, 0.25) is 5.91 Å². The number of amides is 1. The van der Waals surface area contributed by atoms with E-state index in [1.54, 1.807) is 12.4 Å². The number of hydrogen-bond acceptors (Lipinski definition) is 3. The second-order valence-corrected chi connectivity index (χ2v) is 4.45. The molecule has 0 fully saturated rings. The van der Waals surface area contributed by atoms with E-state index in [0.29, 0.717) is 13.0 Å². The first-order valence-electron chi connectivity index (χ1n) is 6.01. The summed E-state index contributed by atoms with van der Waals surface area (Å²) >= 11 is 0. The van der Waals surface area contributed by atoms with Crippen molar-refractivity contribution in [2.45, 2.75) is 45.7 Å². The summed E-state index contributed by atoms with van der Waals surface area (Å²) in [5.41, 5.74) is 7.84. The van der Waals surface area contributed by atoms with Gasteiger partial charge >= 0.3 is 0 Å². The fourth-order valence-corrected chi connectivity index (χ4v) is 1.55. The topological polar surface area (TPSA) is 68.0 Å². The van der Waals surface area contributed by atoms with E-state index in [0.717, 1.165) is 24.0 Å². The maximum Gasteiger partial charge on any atom is 0.220 e. The zero-order valence-corrected chi connectivity index (χ0v) is 10.6. The van der Waals surface area contributed by atoms with Gasteiger partial charge in [0.25, 0.3) is 0 Å². The summed E-state index contributed by atoms with van der Waals surface area (Å²) in [6, 6.07) is 2.11. The average Bonchev–Trinajstić information content (AvgIpc) is 2.27. The van der Waals surface area contributed by atoms with Crippen LogP contribution in [0.15, 0.2) is 18.5 Å². The largest absolute Gasteiger partial charge is 0.352 e. The maximum atomic E-state index is 11.5. The van der Waals surface area contributed by atoms with Gasteiger partial charge in [-0.15, -0.1) is 0 Å². The van der Waals surface area contributed by atoms with Gasteiger partial charge in [0.15, 0.2) is 0 Å². The van der Waals surface area contributed by atoms with Gasteiger partial charge in [0.05, 0.1) is 0 Å². The molecule has 1 atom stereocenters. The Hall–Kier alpha value is -1.42. The van der Waals surface area contributed by atoms with Gasteiger partial charge in [-0.05, 0) is 43.9 Å². The number of hydrogen-bond donors (Lipinski definition) is 2.